The molecule has 0 saturated heterocycles. The topological polar surface area (TPSA) is 92.1 Å². The SMILES string of the molecule is COC(=O)c1sccc1NC(=O)CSc1nc(C)cc(C)c1C#N. The molecular formula is C16H15N3O3S2. The second-order valence-corrected chi connectivity index (χ2v) is 6.74. The maximum atomic E-state index is 12.1. The molecule has 24 heavy (non-hydrogen) atoms. The first-order valence-corrected chi connectivity index (χ1v) is 8.79. The fourth-order valence-corrected chi connectivity index (χ4v) is 3.69. The number of nitrogens with zero attached hydrogens (tertiary/aromatic N) is 2. The number of aromatic nitrogens is 1. The quantitative estimate of drug-likeness (QED) is 0.650. The van der Waals surface area contributed by atoms with E-state index in [0.717, 1.165) is 11.3 Å². The first-order valence-electron chi connectivity index (χ1n) is 6.93. The minimum atomic E-state index is -0.490. The third kappa shape index (κ3) is 4.13. The van der Waals surface area contributed by atoms with Crippen LogP contribution >= 0.6 is 23.1 Å². The van der Waals surface area contributed by atoms with E-state index in [9.17, 15) is 14.9 Å². The number of nitriles is 1. The van der Waals surface area contributed by atoms with E-state index in [1.807, 2.05) is 19.9 Å². The van der Waals surface area contributed by atoms with Crippen LogP contribution in [0.3, 0.4) is 0 Å². The van der Waals surface area contributed by atoms with Crippen molar-refractivity contribution < 1.29 is 14.3 Å². The van der Waals surface area contributed by atoms with E-state index in [0.29, 0.717) is 21.2 Å². The Labute approximate surface area is 147 Å². The summed E-state index contributed by atoms with van der Waals surface area (Å²) in [4.78, 5) is 28.4. The molecule has 0 fully saturated rings. The predicted octanol–water partition coefficient (Wildman–Crippen LogP) is 3.15. The van der Waals surface area contributed by atoms with Gasteiger partial charge in [-0.25, -0.2) is 9.78 Å². The monoisotopic (exact) mass is 361 g/mol. The first-order chi connectivity index (χ1) is 11.5. The molecule has 0 aliphatic heterocycles. The largest absolute Gasteiger partial charge is 0.465 e. The van der Waals surface area contributed by atoms with Gasteiger partial charge in [-0.3, -0.25) is 4.79 Å². The van der Waals surface area contributed by atoms with E-state index < -0.39 is 5.97 Å². The van der Waals surface area contributed by atoms with E-state index in [4.69, 9.17) is 0 Å². The van der Waals surface area contributed by atoms with Crippen LogP contribution in [0.2, 0.25) is 0 Å². The highest BCUT2D eigenvalue weighted by molar-refractivity contribution is 8.00. The molecule has 0 aromatic carbocycles. The van der Waals surface area contributed by atoms with E-state index in [1.54, 1.807) is 11.4 Å². The van der Waals surface area contributed by atoms with Gasteiger partial charge in [-0.15, -0.1) is 11.3 Å². The van der Waals surface area contributed by atoms with Crippen molar-refractivity contribution in [2.45, 2.75) is 18.9 Å². The van der Waals surface area contributed by atoms with Crippen molar-refractivity contribution >= 4 is 40.7 Å². The van der Waals surface area contributed by atoms with Crippen LogP contribution in [-0.4, -0.2) is 29.7 Å². The van der Waals surface area contributed by atoms with Gasteiger partial charge in [0.25, 0.3) is 0 Å². The number of nitrogens with one attached hydrogen (secondary N) is 1. The average Bonchev–Trinajstić information content (AvgIpc) is 2.99. The summed E-state index contributed by atoms with van der Waals surface area (Å²) in [6.07, 6.45) is 0. The Morgan fingerprint density at radius 3 is 2.88 bits per heavy atom. The molecule has 0 aliphatic rings. The van der Waals surface area contributed by atoms with Crippen molar-refractivity contribution in [2.75, 3.05) is 18.2 Å². The molecule has 0 radical (unpaired) electrons. The number of hydrogen-bond donors (Lipinski definition) is 1. The number of thioether (sulfide) groups is 1. The summed E-state index contributed by atoms with van der Waals surface area (Å²) in [7, 11) is 1.29. The molecule has 0 unspecified atom stereocenters. The Morgan fingerprint density at radius 1 is 1.46 bits per heavy atom. The third-order valence-corrected chi connectivity index (χ3v) is 4.94. The highest BCUT2D eigenvalue weighted by Crippen LogP contribution is 2.26. The van der Waals surface area contributed by atoms with Gasteiger partial charge >= 0.3 is 5.97 Å². The maximum Gasteiger partial charge on any atom is 0.350 e. The van der Waals surface area contributed by atoms with Crippen LogP contribution in [0.5, 0.6) is 0 Å². The van der Waals surface area contributed by atoms with Crippen LogP contribution in [0.25, 0.3) is 0 Å². The minimum absolute atomic E-state index is 0.0844. The summed E-state index contributed by atoms with van der Waals surface area (Å²) in [5.74, 6) is -0.690. The van der Waals surface area contributed by atoms with Gasteiger partial charge in [0, 0.05) is 5.69 Å². The molecule has 0 spiro atoms. The number of pyridine rings is 1. The second kappa shape index (κ2) is 7.95. The van der Waals surface area contributed by atoms with Crippen LogP contribution in [0.15, 0.2) is 22.5 Å². The number of ether oxygens (including phenoxy) is 1. The number of hydrogen-bond acceptors (Lipinski definition) is 7. The Balaban J connectivity index is 2.06. The molecule has 0 bridgehead atoms. The average molecular weight is 361 g/mol. The van der Waals surface area contributed by atoms with E-state index in [-0.39, 0.29) is 11.7 Å². The van der Waals surface area contributed by atoms with Crippen LogP contribution in [0, 0.1) is 25.2 Å². The Bertz CT molecular complexity index is 824. The van der Waals surface area contributed by atoms with Gasteiger partial charge in [0.05, 0.1) is 24.1 Å². The number of carbonyl (C=O) groups is 2. The van der Waals surface area contributed by atoms with Crippen molar-refractivity contribution in [2.24, 2.45) is 0 Å². The van der Waals surface area contributed by atoms with E-state index in [2.05, 4.69) is 21.1 Å². The minimum Gasteiger partial charge on any atom is -0.465 e. The third-order valence-electron chi connectivity index (χ3n) is 3.07. The van der Waals surface area contributed by atoms with Crippen LogP contribution in [0.4, 0.5) is 5.69 Å². The van der Waals surface area contributed by atoms with Gasteiger partial charge < -0.3 is 10.1 Å². The summed E-state index contributed by atoms with van der Waals surface area (Å²) in [6.45, 7) is 3.68. The molecule has 6 nitrogen and oxygen atoms in total. The standard InChI is InChI=1S/C16H15N3O3S2/c1-9-6-10(2)18-15(11(9)7-17)24-8-13(20)19-12-4-5-23-14(12)16(21)22-3/h4-6H,8H2,1-3H3,(H,19,20). The molecule has 1 amide bonds. The molecule has 0 saturated carbocycles. The fraction of sp³-hybridized carbons (Fsp3) is 0.250. The summed E-state index contributed by atoms with van der Waals surface area (Å²) in [6, 6.07) is 5.60. The van der Waals surface area contributed by atoms with Crippen molar-refractivity contribution in [3.8, 4) is 6.07 Å². The highest BCUT2D eigenvalue weighted by atomic mass is 32.2. The molecule has 2 heterocycles. The Hall–Kier alpha value is -2.37. The molecule has 1 N–H and O–H groups in total. The zero-order valence-electron chi connectivity index (χ0n) is 13.4. The van der Waals surface area contributed by atoms with Gasteiger partial charge in [-0.2, -0.15) is 5.26 Å². The van der Waals surface area contributed by atoms with Crippen molar-refractivity contribution in [3.05, 3.63) is 39.2 Å². The highest BCUT2D eigenvalue weighted by Gasteiger charge is 2.16. The number of rotatable bonds is 5. The molecular weight excluding hydrogens is 346 g/mol. The summed E-state index contributed by atoms with van der Waals surface area (Å²) in [5, 5.41) is 14.1. The Morgan fingerprint density at radius 2 is 2.21 bits per heavy atom. The number of anilines is 1. The smallest absolute Gasteiger partial charge is 0.350 e. The Kier molecular flexibility index (Phi) is 5.95. The number of carbonyl (C=O) groups excluding carboxylic acids is 2. The molecule has 0 aliphatic carbocycles. The fourth-order valence-electron chi connectivity index (χ4n) is 2.02. The van der Waals surface area contributed by atoms with Crippen molar-refractivity contribution in [1.82, 2.24) is 4.98 Å². The predicted molar refractivity (Wildman–Crippen MR) is 93.4 cm³/mol. The lowest BCUT2D eigenvalue weighted by atomic mass is 10.1. The lowest BCUT2D eigenvalue weighted by Gasteiger charge is -2.08. The number of aryl methyl sites for hydroxylation is 2. The first kappa shape index (κ1) is 18.0. The number of amides is 1. The lowest BCUT2D eigenvalue weighted by Crippen LogP contribution is -2.16. The molecule has 8 heteroatoms. The van der Waals surface area contributed by atoms with Crippen LogP contribution in [-0.2, 0) is 9.53 Å². The molecule has 2 rings (SSSR count). The summed E-state index contributed by atoms with van der Waals surface area (Å²) >= 11 is 2.39. The lowest BCUT2D eigenvalue weighted by molar-refractivity contribution is -0.113. The van der Waals surface area contributed by atoms with Crippen LogP contribution in [0.1, 0.15) is 26.5 Å². The van der Waals surface area contributed by atoms with Gasteiger partial charge in [-0.1, -0.05) is 11.8 Å². The maximum absolute atomic E-state index is 12.1. The zero-order chi connectivity index (χ0) is 17.7. The van der Waals surface area contributed by atoms with Crippen LogP contribution < -0.4 is 5.32 Å². The summed E-state index contributed by atoms with van der Waals surface area (Å²) < 4.78 is 4.67. The second-order valence-electron chi connectivity index (χ2n) is 4.86. The zero-order valence-corrected chi connectivity index (χ0v) is 15.0. The van der Waals surface area contributed by atoms with E-state index in [1.165, 1.54) is 30.2 Å². The van der Waals surface area contributed by atoms with Gasteiger partial charge in [0.15, 0.2) is 0 Å². The number of esters is 1. The van der Waals surface area contributed by atoms with Crippen molar-refractivity contribution in [1.29, 1.82) is 5.26 Å². The van der Waals surface area contributed by atoms with Gasteiger partial charge in [0.1, 0.15) is 16.0 Å². The number of methoxy groups -OCH3 is 1. The van der Waals surface area contributed by atoms with Crippen molar-refractivity contribution in [3.63, 3.8) is 0 Å². The van der Waals surface area contributed by atoms with E-state index >= 15 is 0 Å². The summed E-state index contributed by atoms with van der Waals surface area (Å²) in [5.41, 5.74) is 2.52. The molecule has 124 valence electrons. The normalized spacial score (nSPS) is 10.1. The van der Waals surface area contributed by atoms with Gasteiger partial charge in [-0.05, 0) is 36.9 Å². The number of thiophene rings is 1. The molecule has 2 aromatic heterocycles. The van der Waals surface area contributed by atoms with Gasteiger partial charge in [0.2, 0.25) is 5.91 Å². The molecule has 0 atom stereocenters. The molecule has 2 aromatic rings.